The van der Waals surface area contributed by atoms with Gasteiger partial charge in [-0.2, -0.15) is 0 Å². The van der Waals surface area contributed by atoms with Gasteiger partial charge in [-0.1, -0.05) is 13.2 Å². The molecule has 62 valence electrons. The minimum absolute atomic E-state index is 0.599. The first kappa shape index (κ1) is 9.82. The monoisotopic (exact) mass is 154 g/mol. The third-order valence-corrected chi connectivity index (χ3v) is 1.44. The Hall–Kier alpha value is -1.18. The largest absolute Gasteiger partial charge is 0.497 e. The lowest BCUT2D eigenvalue weighted by molar-refractivity contribution is 0.277. The van der Waals surface area contributed by atoms with Crippen LogP contribution in [0.1, 0.15) is 6.92 Å². The van der Waals surface area contributed by atoms with Crippen LogP contribution >= 0.6 is 0 Å². The first-order valence-corrected chi connectivity index (χ1v) is 3.28. The second kappa shape index (κ2) is 4.61. The van der Waals surface area contributed by atoms with Crippen LogP contribution in [0.4, 0.5) is 0 Å². The third-order valence-electron chi connectivity index (χ3n) is 1.44. The molecule has 0 N–H and O–H groups in total. The van der Waals surface area contributed by atoms with Crippen LogP contribution in [0.3, 0.4) is 0 Å². The molecule has 0 heterocycles. The molecule has 2 nitrogen and oxygen atoms in total. The van der Waals surface area contributed by atoms with Crippen molar-refractivity contribution < 1.29 is 9.47 Å². The van der Waals surface area contributed by atoms with Gasteiger partial charge in [0.05, 0.1) is 14.2 Å². The molecule has 0 aromatic heterocycles. The predicted molar refractivity (Wildman–Crippen MR) is 46.1 cm³/mol. The summed E-state index contributed by atoms with van der Waals surface area (Å²) in [5.41, 5.74) is 0.866. The fourth-order valence-corrected chi connectivity index (χ4v) is 0.680. The highest BCUT2D eigenvalue weighted by molar-refractivity contribution is 5.29. The molecule has 0 rings (SSSR count). The summed E-state index contributed by atoms with van der Waals surface area (Å²) < 4.78 is 9.92. The molecular formula is C9H14O2. The van der Waals surface area contributed by atoms with Gasteiger partial charge in [0.25, 0.3) is 0 Å². The van der Waals surface area contributed by atoms with Gasteiger partial charge < -0.3 is 9.47 Å². The van der Waals surface area contributed by atoms with Gasteiger partial charge in [0.2, 0.25) is 0 Å². The van der Waals surface area contributed by atoms with E-state index < -0.39 is 0 Å². The number of rotatable bonds is 4. The van der Waals surface area contributed by atoms with E-state index >= 15 is 0 Å². The van der Waals surface area contributed by atoms with E-state index in [4.69, 9.17) is 9.47 Å². The topological polar surface area (TPSA) is 18.5 Å². The summed E-state index contributed by atoms with van der Waals surface area (Å²) in [7, 11) is 3.16. The van der Waals surface area contributed by atoms with Crippen LogP contribution in [0.25, 0.3) is 0 Å². The molecule has 0 aliphatic heterocycles. The molecule has 0 bridgehead atoms. The fourth-order valence-electron chi connectivity index (χ4n) is 0.680. The van der Waals surface area contributed by atoms with E-state index in [9.17, 15) is 0 Å². The molecule has 0 saturated heterocycles. The lowest BCUT2D eigenvalue weighted by Gasteiger charge is -2.08. The maximum Gasteiger partial charge on any atom is 0.124 e. The van der Waals surface area contributed by atoms with Crippen LogP contribution in [0, 0.1) is 0 Å². The number of allylic oxidation sites excluding steroid dienone is 2. The molecule has 0 fully saturated rings. The summed E-state index contributed by atoms with van der Waals surface area (Å²) in [4.78, 5) is 0. The van der Waals surface area contributed by atoms with Gasteiger partial charge in [-0.25, -0.2) is 0 Å². The van der Waals surface area contributed by atoms with Crippen molar-refractivity contribution in [2.24, 2.45) is 0 Å². The highest BCUT2D eigenvalue weighted by atomic mass is 16.5. The van der Waals surface area contributed by atoms with Crippen molar-refractivity contribution >= 4 is 0 Å². The minimum atomic E-state index is 0.599. The molecule has 0 amide bonds. The van der Waals surface area contributed by atoms with Crippen molar-refractivity contribution in [2.75, 3.05) is 14.2 Å². The van der Waals surface area contributed by atoms with Crippen molar-refractivity contribution in [1.29, 1.82) is 0 Å². The Kier molecular flexibility index (Phi) is 4.11. The number of hydrogen-bond acceptors (Lipinski definition) is 2. The summed E-state index contributed by atoms with van der Waals surface area (Å²) in [6, 6.07) is 0. The van der Waals surface area contributed by atoms with E-state index in [0.29, 0.717) is 11.5 Å². The third kappa shape index (κ3) is 2.50. The highest BCUT2D eigenvalue weighted by Gasteiger charge is 2.01. The first-order chi connectivity index (χ1) is 5.17. The molecule has 0 aliphatic carbocycles. The smallest absolute Gasteiger partial charge is 0.124 e. The number of hydrogen-bond donors (Lipinski definition) is 0. The zero-order chi connectivity index (χ0) is 8.85. The Balaban J connectivity index is 4.60. The average Bonchev–Trinajstić information content (AvgIpc) is 2.05. The SMILES string of the molecule is C=C/C(OC)=C(/C)C(=C)OC. The van der Waals surface area contributed by atoms with Gasteiger partial charge in [0, 0.05) is 5.57 Å². The van der Waals surface area contributed by atoms with Crippen molar-refractivity contribution in [2.45, 2.75) is 6.92 Å². The Morgan fingerprint density at radius 1 is 1.27 bits per heavy atom. The molecule has 0 aliphatic rings. The maximum absolute atomic E-state index is 5.00. The summed E-state index contributed by atoms with van der Waals surface area (Å²) in [5.74, 6) is 1.29. The zero-order valence-corrected chi connectivity index (χ0v) is 7.31. The maximum atomic E-state index is 5.00. The van der Waals surface area contributed by atoms with E-state index in [0.717, 1.165) is 5.57 Å². The summed E-state index contributed by atoms with van der Waals surface area (Å²) >= 11 is 0. The summed E-state index contributed by atoms with van der Waals surface area (Å²) in [5, 5.41) is 0. The molecule has 2 heteroatoms. The molecule has 11 heavy (non-hydrogen) atoms. The normalized spacial score (nSPS) is 11.5. The molecule has 0 radical (unpaired) electrons. The number of methoxy groups -OCH3 is 2. The van der Waals surface area contributed by atoms with Crippen LogP contribution in [0.2, 0.25) is 0 Å². The van der Waals surface area contributed by atoms with Gasteiger partial charge in [-0.05, 0) is 13.0 Å². The number of ether oxygens (including phenoxy) is 2. The first-order valence-electron chi connectivity index (χ1n) is 3.28. The van der Waals surface area contributed by atoms with Crippen LogP contribution in [0.5, 0.6) is 0 Å². The van der Waals surface area contributed by atoms with E-state index in [2.05, 4.69) is 13.2 Å². The average molecular weight is 154 g/mol. The van der Waals surface area contributed by atoms with Crippen molar-refractivity contribution in [3.05, 3.63) is 36.3 Å². The summed E-state index contributed by atoms with van der Waals surface area (Å²) in [6.45, 7) is 9.14. The Bertz CT molecular complexity index is 190. The molecule has 0 aromatic carbocycles. The van der Waals surface area contributed by atoms with E-state index in [1.165, 1.54) is 0 Å². The van der Waals surface area contributed by atoms with Crippen molar-refractivity contribution in [3.8, 4) is 0 Å². The van der Waals surface area contributed by atoms with Crippen LogP contribution in [-0.2, 0) is 9.47 Å². The minimum Gasteiger partial charge on any atom is -0.497 e. The van der Waals surface area contributed by atoms with Gasteiger partial charge in [0.1, 0.15) is 11.5 Å². The predicted octanol–water partition coefficient (Wildman–Crippen LogP) is 2.25. The van der Waals surface area contributed by atoms with E-state index in [1.807, 2.05) is 6.92 Å². The van der Waals surface area contributed by atoms with Crippen LogP contribution in [0.15, 0.2) is 36.3 Å². The highest BCUT2D eigenvalue weighted by Crippen LogP contribution is 2.13. The van der Waals surface area contributed by atoms with Crippen LogP contribution in [-0.4, -0.2) is 14.2 Å². The lowest BCUT2D eigenvalue weighted by atomic mass is 10.2. The van der Waals surface area contributed by atoms with Crippen molar-refractivity contribution in [3.63, 3.8) is 0 Å². The Labute approximate surface area is 67.8 Å². The van der Waals surface area contributed by atoms with Gasteiger partial charge in [0.15, 0.2) is 0 Å². The molecule has 0 unspecified atom stereocenters. The fraction of sp³-hybridized carbons (Fsp3) is 0.333. The Morgan fingerprint density at radius 3 is 2.09 bits per heavy atom. The Morgan fingerprint density at radius 2 is 1.82 bits per heavy atom. The van der Waals surface area contributed by atoms with Gasteiger partial charge >= 0.3 is 0 Å². The summed E-state index contributed by atoms with van der Waals surface area (Å²) in [6.07, 6.45) is 1.62. The zero-order valence-electron chi connectivity index (χ0n) is 7.31. The molecule has 0 saturated carbocycles. The van der Waals surface area contributed by atoms with E-state index in [-0.39, 0.29) is 0 Å². The second-order valence-corrected chi connectivity index (χ2v) is 2.02. The van der Waals surface area contributed by atoms with Crippen LogP contribution < -0.4 is 0 Å². The second-order valence-electron chi connectivity index (χ2n) is 2.02. The lowest BCUT2D eigenvalue weighted by Crippen LogP contribution is -1.93. The molecular weight excluding hydrogens is 140 g/mol. The van der Waals surface area contributed by atoms with Gasteiger partial charge in [-0.3, -0.25) is 0 Å². The quantitative estimate of drug-likeness (QED) is 0.456. The molecule has 0 aromatic rings. The van der Waals surface area contributed by atoms with Gasteiger partial charge in [-0.15, -0.1) is 0 Å². The van der Waals surface area contributed by atoms with E-state index in [1.54, 1.807) is 20.3 Å². The standard InChI is InChI=1S/C9H14O2/c1-6-9(11-5)7(2)8(3)10-4/h6H,1,3H2,2,4-5H3/b9-7+. The molecule has 0 atom stereocenters. The molecule has 0 spiro atoms. The van der Waals surface area contributed by atoms with Crippen molar-refractivity contribution in [1.82, 2.24) is 0 Å².